The van der Waals surface area contributed by atoms with Crippen molar-refractivity contribution < 1.29 is 28.5 Å². The van der Waals surface area contributed by atoms with E-state index in [0.717, 1.165) is 37.7 Å². The third kappa shape index (κ3) is 11.5. The molecule has 172 valence electrons. The van der Waals surface area contributed by atoms with E-state index in [1.807, 2.05) is 38.1 Å². The average molecular weight is 434 g/mol. The van der Waals surface area contributed by atoms with Gasteiger partial charge in [-0.25, -0.2) is 9.59 Å². The molecular formula is C24H35NO6. The Labute approximate surface area is 185 Å². The molecule has 0 aliphatic heterocycles. The van der Waals surface area contributed by atoms with Gasteiger partial charge in [0.25, 0.3) is 0 Å². The molecule has 31 heavy (non-hydrogen) atoms. The highest BCUT2D eigenvalue weighted by Crippen LogP contribution is 2.28. The molecule has 1 aromatic carbocycles. The number of ether oxygens (including phenoxy) is 4. The van der Waals surface area contributed by atoms with E-state index >= 15 is 0 Å². The largest absolute Gasteiger partial charge is 0.490 e. The summed E-state index contributed by atoms with van der Waals surface area (Å²) in [5.41, 5.74) is 1.19. The SMILES string of the molecule is CCOC(=O)C=CC(=O)OC(CNC(C)C)COc1ccc(CCOCC2CC2)cc1. The standard InChI is InChI=1S/C24H35NO6/c1-4-29-23(26)11-12-24(27)31-22(15-25-18(2)3)17-30-21-9-7-19(8-10-21)13-14-28-16-20-5-6-20/h7-12,18,20,22,25H,4-6,13-17H2,1-3H3. The Bertz CT molecular complexity index is 697. The number of hydrogen-bond acceptors (Lipinski definition) is 7. The lowest BCUT2D eigenvalue weighted by Crippen LogP contribution is -2.38. The van der Waals surface area contributed by atoms with Crippen LogP contribution in [0.5, 0.6) is 5.75 Å². The molecule has 1 aliphatic carbocycles. The van der Waals surface area contributed by atoms with E-state index in [0.29, 0.717) is 12.3 Å². The van der Waals surface area contributed by atoms with Gasteiger partial charge >= 0.3 is 11.9 Å². The van der Waals surface area contributed by atoms with Gasteiger partial charge in [0, 0.05) is 31.3 Å². The minimum atomic E-state index is -0.617. The van der Waals surface area contributed by atoms with Crippen molar-refractivity contribution in [2.24, 2.45) is 5.92 Å². The van der Waals surface area contributed by atoms with Crippen LogP contribution in [0.15, 0.2) is 36.4 Å². The predicted molar refractivity (Wildman–Crippen MR) is 118 cm³/mol. The Balaban J connectivity index is 1.78. The van der Waals surface area contributed by atoms with Gasteiger partial charge in [-0.05, 0) is 49.8 Å². The summed E-state index contributed by atoms with van der Waals surface area (Å²) >= 11 is 0. The molecule has 1 fully saturated rings. The molecule has 0 amide bonds. The van der Waals surface area contributed by atoms with Gasteiger partial charge in [-0.15, -0.1) is 0 Å². The molecule has 0 heterocycles. The van der Waals surface area contributed by atoms with Gasteiger partial charge in [-0.1, -0.05) is 26.0 Å². The third-order valence-electron chi connectivity index (χ3n) is 4.62. The highest BCUT2D eigenvalue weighted by atomic mass is 16.6. The van der Waals surface area contributed by atoms with Crippen molar-refractivity contribution in [1.82, 2.24) is 5.32 Å². The van der Waals surface area contributed by atoms with Crippen LogP contribution in [0.3, 0.4) is 0 Å². The van der Waals surface area contributed by atoms with Gasteiger partial charge < -0.3 is 24.3 Å². The Kier molecular flexibility index (Phi) is 11.1. The van der Waals surface area contributed by atoms with E-state index in [1.54, 1.807) is 6.92 Å². The molecule has 7 nitrogen and oxygen atoms in total. The Morgan fingerprint density at radius 1 is 1.13 bits per heavy atom. The minimum Gasteiger partial charge on any atom is -0.490 e. The number of rotatable bonds is 15. The van der Waals surface area contributed by atoms with Crippen molar-refractivity contribution in [3.63, 3.8) is 0 Å². The monoisotopic (exact) mass is 433 g/mol. The van der Waals surface area contributed by atoms with Gasteiger partial charge in [0.2, 0.25) is 0 Å². The molecule has 1 N–H and O–H groups in total. The van der Waals surface area contributed by atoms with E-state index < -0.39 is 18.0 Å². The molecule has 1 aliphatic rings. The number of nitrogens with one attached hydrogen (secondary N) is 1. The van der Waals surface area contributed by atoms with Crippen molar-refractivity contribution in [3.8, 4) is 5.75 Å². The smallest absolute Gasteiger partial charge is 0.331 e. The van der Waals surface area contributed by atoms with Crippen LogP contribution < -0.4 is 10.1 Å². The highest BCUT2D eigenvalue weighted by molar-refractivity contribution is 5.91. The van der Waals surface area contributed by atoms with Crippen LogP contribution in [0, 0.1) is 5.92 Å². The Morgan fingerprint density at radius 3 is 2.48 bits per heavy atom. The summed E-state index contributed by atoms with van der Waals surface area (Å²) in [6.45, 7) is 8.20. The molecule has 0 spiro atoms. The number of hydrogen-bond donors (Lipinski definition) is 1. The first-order chi connectivity index (χ1) is 15.0. The zero-order valence-electron chi connectivity index (χ0n) is 18.8. The number of benzene rings is 1. The maximum Gasteiger partial charge on any atom is 0.331 e. The second-order valence-corrected chi connectivity index (χ2v) is 7.93. The zero-order chi connectivity index (χ0) is 22.5. The van der Waals surface area contributed by atoms with E-state index in [1.165, 1.54) is 18.4 Å². The normalized spacial score (nSPS) is 14.6. The molecule has 0 bridgehead atoms. The fourth-order valence-corrected chi connectivity index (χ4v) is 2.70. The summed E-state index contributed by atoms with van der Waals surface area (Å²) < 4.78 is 21.7. The van der Waals surface area contributed by atoms with Crippen LogP contribution in [0.1, 0.15) is 39.2 Å². The first-order valence-electron chi connectivity index (χ1n) is 11.0. The summed E-state index contributed by atoms with van der Waals surface area (Å²) in [5, 5.41) is 3.24. The van der Waals surface area contributed by atoms with Crippen LogP contribution in [0.2, 0.25) is 0 Å². The second-order valence-electron chi connectivity index (χ2n) is 7.93. The van der Waals surface area contributed by atoms with Crippen molar-refractivity contribution in [1.29, 1.82) is 0 Å². The summed E-state index contributed by atoms with van der Waals surface area (Å²) in [6, 6.07) is 8.09. The molecule has 1 aromatic rings. The fraction of sp³-hybridized carbons (Fsp3) is 0.583. The highest BCUT2D eigenvalue weighted by Gasteiger charge is 2.20. The summed E-state index contributed by atoms with van der Waals surface area (Å²) in [5.74, 6) is 0.290. The lowest BCUT2D eigenvalue weighted by atomic mass is 10.1. The summed E-state index contributed by atoms with van der Waals surface area (Å²) in [4.78, 5) is 23.4. The predicted octanol–water partition coefficient (Wildman–Crippen LogP) is 3.06. The number of esters is 2. The molecule has 1 atom stereocenters. The number of carbonyl (C=O) groups excluding carboxylic acids is 2. The van der Waals surface area contributed by atoms with Gasteiger partial charge in [0.15, 0.2) is 0 Å². The molecule has 0 radical (unpaired) electrons. The first kappa shape index (κ1) is 24.9. The molecule has 1 saturated carbocycles. The van der Waals surface area contributed by atoms with Crippen LogP contribution in [0.4, 0.5) is 0 Å². The first-order valence-corrected chi connectivity index (χ1v) is 11.0. The van der Waals surface area contributed by atoms with E-state index in [2.05, 4.69) is 5.32 Å². The van der Waals surface area contributed by atoms with Gasteiger partial charge in [0.05, 0.1) is 13.2 Å². The number of carbonyl (C=O) groups is 2. The van der Waals surface area contributed by atoms with Gasteiger partial charge in [-0.2, -0.15) is 0 Å². The van der Waals surface area contributed by atoms with E-state index in [-0.39, 0.29) is 19.3 Å². The quantitative estimate of drug-likeness (QED) is 0.259. The van der Waals surface area contributed by atoms with Crippen molar-refractivity contribution in [3.05, 3.63) is 42.0 Å². The fourth-order valence-electron chi connectivity index (χ4n) is 2.70. The molecule has 0 aromatic heterocycles. The molecule has 2 rings (SSSR count). The molecule has 0 saturated heterocycles. The van der Waals surface area contributed by atoms with Crippen LogP contribution >= 0.6 is 0 Å². The van der Waals surface area contributed by atoms with Crippen LogP contribution in [-0.2, 0) is 30.2 Å². The van der Waals surface area contributed by atoms with E-state index in [9.17, 15) is 9.59 Å². The zero-order valence-corrected chi connectivity index (χ0v) is 18.8. The van der Waals surface area contributed by atoms with Crippen molar-refractivity contribution in [2.75, 3.05) is 33.0 Å². The van der Waals surface area contributed by atoms with Crippen molar-refractivity contribution >= 4 is 11.9 Å². The average Bonchev–Trinajstić information content (AvgIpc) is 3.57. The van der Waals surface area contributed by atoms with Gasteiger partial charge in [0.1, 0.15) is 18.5 Å². The van der Waals surface area contributed by atoms with Gasteiger partial charge in [-0.3, -0.25) is 0 Å². The Morgan fingerprint density at radius 2 is 1.84 bits per heavy atom. The lowest BCUT2D eigenvalue weighted by Gasteiger charge is -2.20. The molecular weight excluding hydrogens is 398 g/mol. The Hall–Kier alpha value is -2.38. The van der Waals surface area contributed by atoms with Crippen LogP contribution in [-0.4, -0.2) is 57.1 Å². The van der Waals surface area contributed by atoms with E-state index in [4.69, 9.17) is 18.9 Å². The summed E-state index contributed by atoms with van der Waals surface area (Å²) in [7, 11) is 0. The van der Waals surface area contributed by atoms with Crippen LogP contribution in [0.25, 0.3) is 0 Å². The topological polar surface area (TPSA) is 83.1 Å². The minimum absolute atomic E-state index is 0.197. The second kappa shape index (κ2) is 13.8. The van der Waals surface area contributed by atoms with Crippen molar-refractivity contribution in [2.45, 2.75) is 52.2 Å². The molecule has 7 heteroatoms. The molecule has 1 unspecified atom stereocenters. The third-order valence-corrected chi connectivity index (χ3v) is 4.62. The maximum absolute atomic E-state index is 12.0. The summed E-state index contributed by atoms with van der Waals surface area (Å²) in [6.07, 6.45) is 5.11. The maximum atomic E-state index is 12.0. The lowest BCUT2D eigenvalue weighted by molar-refractivity contribution is -0.145.